The molecule has 0 aliphatic heterocycles. The van der Waals surface area contributed by atoms with Crippen LogP contribution < -0.4 is 15.8 Å². The highest BCUT2D eigenvalue weighted by atomic mass is 35.5. The quantitative estimate of drug-likeness (QED) is 0.712. The van der Waals surface area contributed by atoms with E-state index in [0.717, 1.165) is 12.8 Å². The normalized spacial score (nSPS) is 26.8. The van der Waals surface area contributed by atoms with Crippen molar-refractivity contribution >= 4 is 35.6 Å². The molecule has 2 saturated carbocycles. The first-order valence-electron chi connectivity index (χ1n) is 9.46. The minimum absolute atomic E-state index is 0. The molecule has 7 heteroatoms. The zero-order valence-electron chi connectivity index (χ0n) is 16.2. The molecule has 1 aromatic carbocycles. The standard InChI is InChI=1S/C20H29ClN2O3.ClH/c1-4-25-17-12-20(22,19(17,2)3)18(24)23-13-9-10-16(15(21)11-13)26-14-7-5-6-8-14;/h9-11,14,17H,4-8,12,22H2,1-3H3,(H,23,24);1H. The Kier molecular flexibility index (Phi) is 7.06. The van der Waals surface area contributed by atoms with E-state index in [4.69, 9.17) is 26.8 Å². The second-order valence-corrected chi connectivity index (χ2v) is 8.37. The summed E-state index contributed by atoms with van der Waals surface area (Å²) in [7, 11) is 0. The molecule has 2 fully saturated rings. The molecule has 0 spiro atoms. The first-order valence-corrected chi connectivity index (χ1v) is 9.84. The van der Waals surface area contributed by atoms with Gasteiger partial charge in [-0.3, -0.25) is 4.79 Å². The number of hydrogen-bond acceptors (Lipinski definition) is 4. The van der Waals surface area contributed by atoms with Crippen LogP contribution in [0.2, 0.25) is 5.02 Å². The summed E-state index contributed by atoms with van der Waals surface area (Å²) in [6.45, 7) is 6.51. The molecular formula is C20H30Cl2N2O3. The number of benzene rings is 1. The molecule has 1 aromatic rings. The molecule has 0 saturated heterocycles. The van der Waals surface area contributed by atoms with Crippen molar-refractivity contribution in [2.45, 2.75) is 70.6 Å². The lowest BCUT2D eigenvalue weighted by Crippen LogP contribution is -2.74. The summed E-state index contributed by atoms with van der Waals surface area (Å²) in [5, 5.41) is 3.41. The lowest BCUT2D eigenvalue weighted by molar-refractivity contribution is -0.166. The molecule has 152 valence electrons. The van der Waals surface area contributed by atoms with Crippen molar-refractivity contribution in [1.29, 1.82) is 0 Å². The van der Waals surface area contributed by atoms with Crippen LogP contribution in [0.15, 0.2) is 18.2 Å². The second kappa shape index (κ2) is 8.56. The molecule has 2 aliphatic rings. The van der Waals surface area contributed by atoms with Crippen molar-refractivity contribution < 1.29 is 14.3 Å². The Balaban J connectivity index is 0.00000261. The highest BCUT2D eigenvalue weighted by molar-refractivity contribution is 6.32. The number of nitrogens with two attached hydrogens (primary N) is 1. The Labute approximate surface area is 172 Å². The summed E-state index contributed by atoms with van der Waals surface area (Å²) in [6.07, 6.45) is 5.29. The smallest absolute Gasteiger partial charge is 0.245 e. The maximum absolute atomic E-state index is 12.8. The van der Waals surface area contributed by atoms with E-state index in [1.54, 1.807) is 6.07 Å². The van der Waals surface area contributed by atoms with Gasteiger partial charge in [0.15, 0.2) is 0 Å². The zero-order valence-corrected chi connectivity index (χ0v) is 17.8. The first-order chi connectivity index (χ1) is 12.3. The van der Waals surface area contributed by atoms with E-state index >= 15 is 0 Å². The fourth-order valence-electron chi connectivity index (χ4n) is 3.92. The van der Waals surface area contributed by atoms with Gasteiger partial charge in [0.2, 0.25) is 5.91 Å². The predicted molar refractivity (Wildman–Crippen MR) is 111 cm³/mol. The molecule has 27 heavy (non-hydrogen) atoms. The van der Waals surface area contributed by atoms with Gasteiger partial charge in [-0.15, -0.1) is 12.4 Å². The molecule has 0 bridgehead atoms. The lowest BCUT2D eigenvalue weighted by atomic mass is 9.54. The van der Waals surface area contributed by atoms with Crippen molar-refractivity contribution in [3.63, 3.8) is 0 Å². The van der Waals surface area contributed by atoms with Gasteiger partial charge in [0.05, 0.1) is 17.2 Å². The van der Waals surface area contributed by atoms with Crippen molar-refractivity contribution in [3.05, 3.63) is 23.2 Å². The molecule has 2 aliphatic carbocycles. The minimum Gasteiger partial charge on any atom is -0.489 e. The molecule has 3 N–H and O–H groups in total. The van der Waals surface area contributed by atoms with Crippen LogP contribution in [0.3, 0.4) is 0 Å². The van der Waals surface area contributed by atoms with Gasteiger partial charge in [-0.05, 0) is 50.8 Å². The van der Waals surface area contributed by atoms with E-state index < -0.39 is 11.0 Å². The monoisotopic (exact) mass is 416 g/mol. The molecular weight excluding hydrogens is 387 g/mol. The van der Waals surface area contributed by atoms with E-state index in [2.05, 4.69) is 5.32 Å². The van der Waals surface area contributed by atoms with Crippen molar-refractivity contribution in [2.75, 3.05) is 11.9 Å². The summed E-state index contributed by atoms with van der Waals surface area (Å²) in [4.78, 5) is 12.8. The predicted octanol–water partition coefficient (Wildman–Crippen LogP) is 4.55. The summed E-state index contributed by atoms with van der Waals surface area (Å²) in [6, 6.07) is 5.34. The highest BCUT2D eigenvalue weighted by Gasteiger charge is 2.62. The third kappa shape index (κ3) is 4.21. The molecule has 2 atom stereocenters. The Morgan fingerprint density at radius 3 is 2.56 bits per heavy atom. The van der Waals surface area contributed by atoms with Crippen LogP contribution in [-0.4, -0.2) is 30.3 Å². The Bertz CT molecular complexity index is 677. The summed E-state index contributed by atoms with van der Waals surface area (Å²) >= 11 is 6.35. The lowest BCUT2D eigenvalue weighted by Gasteiger charge is -2.57. The van der Waals surface area contributed by atoms with Gasteiger partial charge in [0.25, 0.3) is 0 Å². The number of hydrogen-bond donors (Lipinski definition) is 2. The highest BCUT2D eigenvalue weighted by Crippen LogP contribution is 2.50. The van der Waals surface area contributed by atoms with E-state index in [0.29, 0.717) is 29.5 Å². The van der Waals surface area contributed by atoms with Crippen molar-refractivity contribution in [1.82, 2.24) is 0 Å². The maximum Gasteiger partial charge on any atom is 0.245 e. The van der Waals surface area contributed by atoms with Gasteiger partial charge in [-0.2, -0.15) is 0 Å². The van der Waals surface area contributed by atoms with E-state index in [1.807, 2.05) is 32.9 Å². The van der Waals surface area contributed by atoms with Gasteiger partial charge >= 0.3 is 0 Å². The molecule has 0 heterocycles. The second-order valence-electron chi connectivity index (χ2n) is 7.96. The van der Waals surface area contributed by atoms with Crippen LogP contribution in [-0.2, 0) is 9.53 Å². The van der Waals surface area contributed by atoms with Crippen LogP contribution in [0.4, 0.5) is 5.69 Å². The van der Waals surface area contributed by atoms with Crippen LogP contribution in [0.25, 0.3) is 0 Å². The van der Waals surface area contributed by atoms with Crippen molar-refractivity contribution in [2.24, 2.45) is 11.1 Å². The molecule has 1 amide bonds. The van der Waals surface area contributed by atoms with Gasteiger partial charge < -0.3 is 20.5 Å². The average Bonchev–Trinajstić information content (AvgIpc) is 3.10. The number of rotatable bonds is 6. The summed E-state index contributed by atoms with van der Waals surface area (Å²) in [5.41, 5.74) is 5.66. The third-order valence-electron chi connectivity index (χ3n) is 6.02. The third-order valence-corrected chi connectivity index (χ3v) is 6.32. The Morgan fingerprint density at radius 1 is 1.33 bits per heavy atom. The largest absolute Gasteiger partial charge is 0.489 e. The van der Waals surface area contributed by atoms with Crippen LogP contribution in [0, 0.1) is 5.41 Å². The van der Waals surface area contributed by atoms with Gasteiger partial charge in [-0.1, -0.05) is 25.4 Å². The number of halogens is 2. The number of amides is 1. The van der Waals surface area contributed by atoms with E-state index in [-0.39, 0.29) is 30.5 Å². The molecule has 0 radical (unpaired) electrons. The van der Waals surface area contributed by atoms with Crippen molar-refractivity contribution in [3.8, 4) is 5.75 Å². The number of ether oxygens (including phenoxy) is 2. The van der Waals surface area contributed by atoms with Crippen LogP contribution in [0.5, 0.6) is 5.75 Å². The SMILES string of the molecule is CCOC1CC(N)(C(=O)Nc2ccc(OC3CCCC3)c(Cl)c2)C1(C)C.Cl. The number of carbonyl (C=O) groups excluding carboxylic acids is 1. The molecule has 0 aromatic heterocycles. The number of carbonyl (C=O) groups is 1. The Hall–Kier alpha value is -1.01. The van der Waals surface area contributed by atoms with Crippen LogP contribution in [0.1, 0.15) is 52.9 Å². The fourth-order valence-corrected chi connectivity index (χ4v) is 4.15. The number of nitrogens with one attached hydrogen (secondary N) is 1. The summed E-state index contributed by atoms with van der Waals surface area (Å²) < 4.78 is 11.6. The summed E-state index contributed by atoms with van der Waals surface area (Å²) in [5.74, 6) is 0.457. The van der Waals surface area contributed by atoms with Gasteiger partial charge in [-0.25, -0.2) is 0 Å². The maximum atomic E-state index is 12.8. The Morgan fingerprint density at radius 2 is 2.00 bits per heavy atom. The zero-order chi connectivity index (χ0) is 18.9. The molecule has 2 unspecified atom stereocenters. The fraction of sp³-hybridized carbons (Fsp3) is 0.650. The van der Waals surface area contributed by atoms with E-state index in [1.165, 1.54) is 12.8 Å². The molecule has 3 rings (SSSR count). The molecule has 5 nitrogen and oxygen atoms in total. The van der Waals surface area contributed by atoms with Gasteiger partial charge in [0, 0.05) is 24.1 Å². The first kappa shape index (κ1) is 22.3. The average molecular weight is 417 g/mol. The van der Waals surface area contributed by atoms with E-state index in [9.17, 15) is 4.79 Å². The number of anilines is 1. The van der Waals surface area contributed by atoms with Crippen LogP contribution >= 0.6 is 24.0 Å². The topological polar surface area (TPSA) is 73.6 Å². The van der Waals surface area contributed by atoms with Gasteiger partial charge in [0.1, 0.15) is 11.3 Å². The minimum atomic E-state index is -0.960.